The van der Waals surface area contributed by atoms with Gasteiger partial charge in [-0.15, -0.1) is 0 Å². The summed E-state index contributed by atoms with van der Waals surface area (Å²) in [6.07, 6.45) is -0.765. The molecular weight excluding hydrogens is 603 g/mol. The molecule has 0 bridgehead atoms. The first kappa shape index (κ1) is 32.7. The molecule has 0 saturated heterocycles. The van der Waals surface area contributed by atoms with E-state index in [2.05, 4.69) is 10.6 Å². The van der Waals surface area contributed by atoms with E-state index in [1.54, 1.807) is 33.8 Å². The van der Waals surface area contributed by atoms with Gasteiger partial charge in [-0.1, -0.05) is 13.8 Å². The predicted molar refractivity (Wildman–Crippen MR) is 163 cm³/mol. The molecule has 2 aromatic heterocycles. The van der Waals surface area contributed by atoms with Crippen LogP contribution in [0.15, 0.2) is 23.0 Å². The van der Waals surface area contributed by atoms with Gasteiger partial charge in [0.05, 0.1) is 29.0 Å². The second-order valence-electron chi connectivity index (χ2n) is 12.0. The van der Waals surface area contributed by atoms with Crippen molar-refractivity contribution in [3.63, 3.8) is 0 Å². The number of nitrogens with one attached hydrogen (secondary N) is 2. The van der Waals surface area contributed by atoms with Gasteiger partial charge in [-0.05, 0) is 51.3 Å². The quantitative estimate of drug-likeness (QED) is 0.140. The highest BCUT2D eigenvalue weighted by molar-refractivity contribution is 5.90. The molecular formula is C32H37FN4O9. The number of aliphatic hydroxyl groups is 1. The van der Waals surface area contributed by atoms with Gasteiger partial charge in [0, 0.05) is 35.7 Å². The number of rotatable bonds is 9. The van der Waals surface area contributed by atoms with Crippen LogP contribution in [0.5, 0.6) is 5.75 Å². The van der Waals surface area contributed by atoms with E-state index in [1.807, 2.05) is 6.92 Å². The summed E-state index contributed by atoms with van der Waals surface area (Å²) in [5.41, 5.74) is 0.359. The predicted octanol–water partition coefficient (Wildman–Crippen LogP) is 3.41. The minimum absolute atomic E-state index is 0.0248. The highest BCUT2D eigenvalue weighted by Crippen LogP contribution is 2.41. The summed E-state index contributed by atoms with van der Waals surface area (Å²) in [5, 5.41) is 16.7. The number of alkyl carbamates (subject to hydrolysis) is 2. The molecule has 0 spiro atoms. The molecule has 246 valence electrons. The summed E-state index contributed by atoms with van der Waals surface area (Å²) in [4.78, 5) is 54.3. The van der Waals surface area contributed by atoms with Gasteiger partial charge in [-0.25, -0.2) is 23.8 Å². The molecule has 4 heterocycles. The van der Waals surface area contributed by atoms with Gasteiger partial charge >= 0.3 is 18.2 Å². The maximum absolute atomic E-state index is 15.2. The monoisotopic (exact) mass is 640 g/mol. The lowest BCUT2D eigenvalue weighted by molar-refractivity contribution is -0.172. The number of aromatic nitrogens is 2. The molecule has 2 amide bonds. The number of esters is 1. The summed E-state index contributed by atoms with van der Waals surface area (Å²) >= 11 is 0. The number of amides is 2. The van der Waals surface area contributed by atoms with E-state index in [0.29, 0.717) is 28.7 Å². The first-order chi connectivity index (χ1) is 21.8. The molecule has 0 fully saturated rings. The molecule has 0 aliphatic carbocycles. The Morgan fingerprint density at radius 1 is 1.09 bits per heavy atom. The fourth-order valence-electron chi connectivity index (χ4n) is 5.66. The van der Waals surface area contributed by atoms with Crippen molar-refractivity contribution in [2.75, 3.05) is 26.3 Å². The van der Waals surface area contributed by atoms with E-state index in [0.717, 1.165) is 11.1 Å². The molecule has 0 unspecified atom stereocenters. The van der Waals surface area contributed by atoms with E-state index in [-0.39, 0.29) is 68.3 Å². The first-order valence-electron chi connectivity index (χ1n) is 15.1. The summed E-state index contributed by atoms with van der Waals surface area (Å²) in [5.74, 6) is -1.54. The van der Waals surface area contributed by atoms with Crippen LogP contribution in [0.2, 0.25) is 0 Å². The zero-order valence-corrected chi connectivity index (χ0v) is 26.4. The molecule has 0 radical (unpaired) electrons. The van der Waals surface area contributed by atoms with Crippen LogP contribution >= 0.6 is 0 Å². The molecule has 1 aromatic carbocycles. The number of halogens is 1. The molecule has 46 heavy (non-hydrogen) atoms. The standard InChI is InChI=1S/C32H37FN4O9/c1-6-17-18-12-25(43-10-11-44-29(40)34-8-9-35-30(41)46-31(3,4)5)22(33)14-23(18)36-26-19(17)15-37-24(26)13-21-20(27(37)38)16-45-28(39)32(21,42)7-2/h12-14,42H,6-11,15-16H2,1-5H3,(H,34,40)(H,35,41)/t32-/m0/s1. The van der Waals surface area contributed by atoms with Crippen molar-refractivity contribution >= 4 is 29.1 Å². The second kappa shape index (κ2) is 12.6. The molecule has 3 N–H and O–H groups in total. The van der Waals surface area contributed by atoms with Gasteiger partial charge in [0.1, 0.15) is 25.4 Å². The van der Waals surface area contributed by atoms with Crippen LogP contribution in [0.1, 0.15) is 63.3 Å². The minimum Gasteiger partial charge on any atom is -0.487 e. The molecule has 0 saturated carbocycles. The number of aryl methyl sites for hydroxylation is 1. The topological polar surface area (TPSA) is 167 Å². The van der Waals surface area contributed by atoms with Gasteiger partial charge in [0.15, 0.2) is 17.2 Å². The third kappa shape index (κ3) is 6.21. The van der Waals surface area contributed by atoms with E-state index >= 15 is 4.39 Å². The number of carbonyl (C=O) groups excluding carboxylic acids is 3. The van der Waals surface area contributed by atoms with Gasteiger partial charge < -0.3 is 39.3 Å². The van der Waals surface area contributed by atoms with Crippen molar-refractivity contribution < 1.29 is 42.8 Å². The Kier molecular flexibility index (Phi) is 8.94. The van der Waals surface area contributed by atoms with Crippen LogP contribution in [-0.4, -0.2) is 64.7 Å². The first-order valence-corrected chi connectivity index (χ1v) is 15.1. The Balaban J connectivity index is 1.28. The Labute approximate surface area is 264 Å². The molecule has 1 atom stereocenters. The van der Waals surface area contributed by atoms with Gasteiger partial charge in [0.25, 0.3) is 5.56 Å². The normalized spacial score (nSPS) is 16.6. The Bertz CT molecular complexity index is 1780. The SMILES string of the molecule is CCc1c2c(nc3cc(F)c(OCCOC(=O)NCCNC(=O)OC(C)(C)C)cc13)-c1cc3c(c(=O)n1C2)COC(=O)[C@]3(O)CC. The zero-order valence-electron chi connectivity index (χ0n) is 26.4. The van der Waals surface area contributed by atoms with E-state index < -0.39 is 35.2 Å². The number of hydrogen-bond acceptors (Lipinski definition) is 10. The van der Waals surface area contributed by atoms with Crippen molar-refractivity contribution in [3.05, 3.63) is 56.6 Å². The summed E-state index contributed by atoms with van der Waals surface area (Å²) in [6, 6.07) is 4.40. The smallest absolute Gasteiger partial charge is 0.407 e. The Morgan fingerprint density at radius 3 is 2.48 bits per heavy atom. The maximum atomic E-state index is 15.2. The van der Waals surface area contributed by atoms with E-state index in [4.69, 9.17) is 23.9 Å². The van der Waals surface area contributed by atoms with Crippen molar-refractivity contribution in [2.45, 2.75) is 71.8 Å². The van der Waals surface area contributed by atoms with Gasteiger partial charge in [-0.3, -0.25) is 4.79 Å². The lowest BCUT2D eigenvalue weighted by atomic mass is 9.86. The number of carbonyl (C=O) groups is 3. The Hall–Kier alpha value is -4.72. The molecule has 3 aromatic rings. The fraction of sp³-hybridized carbons (Fsp3) is 0.469. The fourth-order valence-corrected chi connectivity index (χ4v) is 5.66. The number of hydrogen-bond donors (Lipinski definition) is 3. The van der Waals surface area contributed by atoms with Crippen LogP contribution in [0.4, 0.5) is 14.0 Å². The second-order valence-corrected chi connectivity index (χ2v) is 12.0. The van der Waals surface area contributed by atoms with Crippen LogP contribution < -0.4 is 20.9 Å². The van der Waals surface area contributed by atoms with Gasteiger partial charge in [-0.2, -0.15) is 0 Å². The number of nitrogens with zero attached hydrogens (tertiary/aromatic N) is 2. The number of fused-ring (bicyclic) bond motifs is 5. The molecule has 2 aliphatic rings. The lowest BCUT2D eigenvalue weighted by Gasteiger charge is -2.31. The summed E-state index contributed by atoms with van der Waals surface area (Å²) in [7, 11) is 0. The largest absolute Gasteiger partial charge is 0.487 e. The van der Waals surface area contributed by atoms with E-state index in [1.165, 1.54) is 16.7 Å². The molecule has 2 aliphatic heterocycles. The average Bonchev–Trinajstić information content (AvgIpc) is 3.36. The minimum atomic E-state index is -1.95. The molecule has 14 heteroatoms. The number of ether oxygens (including phenoxy) is 4. The number of pyridine rings is 2. The van der Waals surface area contributed by atoms with Gasteiger partial charge in [0.2, 0.25) is 0 Å². The Morgan fingerprint density at radius 2 is 1.80 bits per heavy atom. The van der Waals surface area contributed by atoms with Crippen molar-refractivity contribution in [1.82, 2.24) is 20.2 Å². The number of cyclic esters (lactones) is 1. The van der Waals surface area contributed by atoms with Crippen molar-refractivity contribution in [2.24, 2.45) is 0 Å². The third-order valence-electron chi connectivity index (χ3n) is 7.85. The summed E-state index contributed by atoms with van der Waals surface area (Å²) < 4.78 is 37.6. The average molecular weight is 641 g/mol. The van der Waals surface area contributed by atoms with Crippen molar-refractivity contribution in [3.8, 4) is 17.1 Å². The third-order valence-corrected chi connectivity index (χ3v) is 7.85. The van der Waals surface area contributed by atoms with Crippen LogP contribution in [0.3, 0.4) is 0 Å². The highest BCUT2D eigenvalue weighted by Gasteiger charge is 2.45. The highest BCUT2D eigenvalue weighted by atomic mass is 19.1. The zero-order chi connectivity index (χ0) is 33.4. The number of benzene rings is 1. The van der Waals surface area contributed by atoms with E-state index in [9.17, 15) is 24.3 Å². The van der Waals surface area contributed by atoms with Crippen LogP contribution in [0, 0.1) is 5.82 Å². The molecule has 5 rings (SSSR count). The lowest BCUT2D eigenvalue weighted by Crippen LogP contribution is -2.44. The van der Waals surface area contributed by atoms with Crippen molar-refractivity contribution in [1.29, 1.82) is 0 Å². The van der Waals surface area contributed by atoms with Crippen LogP contribution in [-0.2, 0) is 44.2 Å². The summed E-state index contributed by atoms with van der Waals surface area (Å²) in [6.45, 7) is 8.73. The maximum Gasteiger partial charge on any atom is 0.407 e. The van der Waals surface area contributed by atoms with Crippen LogP contribution in [0.25, 0.3) is 22.3 Å². The molecule has 13 nitrogen and oxygen atoms in total.